The Morgan fingerprint density at radius 2 is 1.73 bits per heavy atom. The van der Waals surface area contributed by atoms with Gasteiger partial charge in [-0.25, -0.2) is 4.98 Å². The van der Waals surface area contributed by atoms with Crippen molar-refractivity contribution in [2.45, 2.75) is 6.92 Å². The Labute approximate surface area is 186 Å². The standard InChI is InChI=1S/C20H19ClN4O3S2/c1-12-17(30-20(22-12)25-8-10-28-11-9-25)19(27)24-23-18(26)16-7-6-15(29-16)13-2-4-14(21)5-3-13/h2-7H,8-11H2,1H3,(H,23,26)(H,24,27). The van der Waals surface area contributed by atoms with Gasteiger partial charge in [0.1, 0.15) is 4.88 Å². The van der Waals surface area contributed by atoms with E-state index in [0.717, 1.165) is 28.7 Å². The van der Waals surface area contributed by atoms with Crippen LogP contribution in [0.4, 0.5) is 5.13 Å². The van der Waals surface area contributed by atoms with Crippen LogP contribution in [-0.2, 0) is 4.74 Å². The molecular weight excluding hydrogens is 444 g/mol. The third-order valence-corrected chi connectivity index (χ3v) is 7.12. The first-order chi connectivity index (χ1) is 14.5. The molecule has 0 spiro atoms. The smallest absolute Gasteiger partial charge is 0.281 e. The summed E-state index contributed by atoms with van der Waals surface area (Å²) in [5, 5.41) is 1.45. The maximum atomic E-state index is 12.5. The number of aromatic nitrogens is 1. The molecule has 7 nitrogen and oxygen atoms in total. The van der Waals surface area contributed by atoms with Crippen molar-refractivity contribution in [3.63, 3.8) is 0 Å². The zero-order chi connectivity index (χ0) is 21.1. The Bertz CT molecular complexity index is 1060. The van der Waals surface area contributed by atoms with Crippen molar-refractivity contribution in [1.29, 1.82) is 0 Å². The molecule has 0 aliphatic carbocycles. The lowest BCUT2D eigenvalue weighted by atomic mass is 10.2. The normalized spacial score (nSPS) is 13.9. The summed E-state index contributed by atoms with van der Waals surface area (Å²) in [6.07, 6.45) is 0. The molecule has 10 heteroatoms. The van der Waals surface area contributed by atoms with E-state index in [1.54, 1.807) is 25.1 Å². The van der Waals surface area contributed by atoms with Crippen LogP contribution in [0, 0.1) is 6.92 Å². The number of ether oxygens (including phenoxy) is 1. The Balaban J connectivity index is 1.37. The second kappa shape index (κ2) is 9.13. The van der Waals surface area contributed by atoms with Crippen molar-refractivity contribution in [2.24, 2.45) is 0 Å². The van der Waals surface area contributed by atoms with Gasteiger partial charge in [0.15, 0.2) is 5.13 Å². The highest BCUT2D eigenvalue weighted by Crippen LogP contribution is 2.29. The first-order valence-corrected chi connectivity index (χ1v) is 11.3. The van der Waals surface area contributed by atoms with Gasteiger partial charge in [-0.3, -0.25) is 20.4 Å². The van der Waals surface area contributed by atoms with Crippen LogP contribution in [0.2, 0.25) is 5.02 Å². The molecule has 3 aromatic rings. The summed E-state index contributed by atoms with van der Waals surface area (Å²) in [6.45, 7) is 4.58. The van der Waals surface area contributed by atoms with Crippen LogP contribution in [-0.4, -0.2) is 43.1 Å². The molecule has 30 heavy (non-hydrogen) atoms. The number of amides is 2. The van der Waals surface area contributed by atoms with Crippen LogP contribution in [0.3, 0.4) is 0 Å². The average Bonchev–Trinajstić information content (AvgIpc) is 3.40. The zero-order valence-corrected chi connectivity index (χ0v) is 18.5. The highest BCUT2D eigenvalue weighted by atomic mass is 35.5. The number of halogens is 1. The molecule has 2 N–H and O–H groups in total. The SMILES string of the molecule is Cc1nc(N2CCOCC2)sc1C(=O)NNC(=O)c1ccc(-c2ccc(Cl)cc2)s1. The van der Waals surface area contributed by atoms with Crippen LogP contribution in [0.15, 0.2) is 36.4 Å². The number of carbonyl (C=O) groups is 2. The topological polar surface area (TPSA) is 83.6 Å². The minimum Gasteiger partial charge on any atom is -0.378 e. The first-order valence-electron chi connectivity index (χ1n) is 9.28. The summed E-state index contributed by atoms with van der Waals surface area (Å²) in [4.78, 5) is 33.5. The zero-order valence-electron chi connectivity index (χ0n) is 16.1. The number of carbonyl (C=O) groups excluding carboxylic acids is 2. The molecule has 0 atom stereocenters. The molecule has 1 aromatic carbocycles. The predicted octanol–water partition coefficient (Wildman–Crippen LogP) is 3.74. The third kappa shape index (κ3) is 4.65. The van der Waals surface area contributed by atoms with Gasteiger partial charge in [-0.1, -0.05) is 35.1 Å². The average molecular weight is 463 g/mol. The van der Waals surface area contributed by atoms with Crippen molar-refractivity contribution in [3.8, 4) is 10.4 Å². The van der Waals surface area contributed by atoms with Gasteiger partial charge in [0.05, 0.1) is 23.8 Å². The number of anilines is 1. The van der Waals surface area contributed by atoms with Crippen molar-refractivity contribution in [1.82, 2.24) is 15.8 Å². The van der Waals surface area contributed by atoms with Gasteiger partial charge >= 0.3 is 0 Å². The third-order valence-electron chi connectivity index (χ3n) is 4.52. The lowest BCUT2D eigenvalue weighted by molar-refractivity contribution is 0.0850. The molecule has 0 radical (unpaired) electrons. The first kappa shape index (κ1) is 20.8. The number of rotatable bonds is 4. The van der Waals surface area contributed by atoms with E-state index in [9.17, 15) is 9.59 Å². The molecular formula is C20H19ClN4O3S2. The summed E-state index contributed by atoms with van der Waals surface area (Å²) in [5.74, 6) is -0.753. The van der Waals surface area contributed by atoms with Crippen molar-refractivity contribution in [2.75, 3.05) is 31.2 Å². The van der Waals surface area contributed by atoms with E-state index in [-0.39, 0.29) is 11.8 Å². The fourth-order valence-corrected chi connectivity index (χ4v) is 4.99. The van der Waals surface area contributed by atoms with E-state index < -0.39 is 0 Å². The van der Waals surface area contributed by atoms with E-state index in [4.69, 9.17) is 16.3 Å². The van der Waals surface area contributed by atoms with Crippen molar-refractivity contribution < 1.29 is 14.3 Å². The fraction of sp³-hybridized carbons (Fsp3) is 0.250. The van der Waals surface area contributed by atoms with E-state index in [0.29, 0.717) is 33.7 Å². The van der Waals surface area contributed by atoms with Gasteiger partial charge in [-0.15, -0.1) is 11.3 Å². The quantitative estimate of drug-likeness (QED) is 0.577. The summed E-state index contributed by atoms with van der Waals surface area (Å²) < 4.78 is 5.35. The van der Waals surface area contributed by atoms with E-state index in [2.05, 4.69) is 20.7 Å². The summed E-state index contributed by atoms with van der Waals surface area (Å²) in [6, 6.07) is 11.0. The van der Waals surface area contributed by atoms with Crippen molar-refractivity contribution >= 4 is 51.2 Å². The molecule has 0 unspecified atom stereocenters. The Kier molecular flexibility index (Phi) is 6.33. The molecule has 1 saturated heterocycles. The molecule has 0 bridgehead atoms. The molecule has 1 aliphatic heterocycles. The number of hydrazine groups is 1. The number of aryl methyl sites for hydroxylation is 1. The maximum Gasteiger partial charge on any atom is 0.281 e. The van der Waals surface area contributed by atoms with E-state index >= 15 is 0 Å². The van der Waals surface area contributed by atoms with Gasteiger partial charge in [0.25, 0.3) is 11.8 Å². The number of hydrogen-bond donors (Lipinski definition) is 2. The highest BCUT2D eigenvalue weighted by Gasteiger charge is 2.21. The van der Waals surface area contributed by atoms with Gasteiger partial charge < -0.3 is 9.64 Å². The molecule has 156 valence electrons. The summed E-state index contributed by atoms with van der Waals surface area (Å²) >= 11 is 8.57. The van der Waals surface area contributed by atoms with Gasteiger partial charge in [-0.05, 0) is 36.8 Å². The Hall–Kier alpha value is -2.46. The minimum atomic E-state index is -0.382. The van der Waals surface area contributed by atoms with Crippen LogP contribution in [0.25, 0.3) is 10.4 Å². The Morgan fingerprint density at radius 1 is 1.03 bits per heavy atom. The molecule has 1 fully saturated rings. The second-order valence-corrected chi connectivity index (χ2v) is 9.09. The number of thiophene rings is 1. The number of morpholine rings is 1. The largest absolute Gasteiger partial charge is 0.378 e. The van der Waals surface area contributed by atoms with E-state index in [1.807, 2.05) is 18.2 Å². The van der Waals surface area contributed by atoms with Crippen molar-refractivity contribution in [3.05, 3.63) is 56.9 Å². The summed E-state index contributed by atoms with van der Waals surface area (Å²) in [5.41, 5.74) is 6.58. The van der Waals surface area contributed by atoms with Crippen LogP contribution >= 0.6 is 34.3 Å². The number of nitrogens with one attached hydrogen (secondary N) is 2. The maximum absolute atomic E-state index is 12.5. The number of nitrogens with zero attached hydrogens (tertiary/aromatic N) is 2. The number of benzene rings is 1. The molecule has 3 heterocycles. The molecule has 4 rings (SSSR count). The van der Waals surface area contributed by atoms with Crippen LogP contribution in [0.5, 0.6) is 0 Å². The van der Waals surface area contributed by atoms with Crippen LogP contribution in [0.1, 0.15) is 25.0 Å². The predicted molar refractivity (Wildman–Crippen MR) is 120 cm³/mol. The number of thiazole rings is 1. The molecule has 0 saturated carbocycles. The molecule has 1 aliphatic rings. The minimum absolute atomic E-state index is 0.371. The monoisotopic (exact) mass is 462 g/mol. The van der Waals surface area contributed by atoms with Crippen LogP contribution < -0.4 is 15.8 Å². The second-order valence-electron chi connectivity index (χ2n) is 6.59. The van der Waals surface area contributed by atoms with E-state index in [1.165, 1.54) is 22.7 Å². The fourth-order valence-electron chi connectivity index (χ4n) is 2.94. The summed E-state index contributed by atoms with van der Waals surface area (Å²) in [7, 11) is 0. The van der Waals surface area contributed by atoms with Gasteiger partial charge in [0, 0.05) is 23.0 Å². The lowest BCUT2D eigenvalue weighted by Gasteiger charge is -2.25. The lowest BCUT2D eigenvalue weighted by Crippen LogP contribution is -2.41. The van der Waals surface area contributed by atoms with Gasteiger partial charge in [0.2, 0.25) is 0 Å². The molecule has 2 amide bonds. The number of hydrogen-bond acceptors (Lipinski definition) is 7. The molecule has 2 aromatic heterocycles. The van der Waals surface area contributed by atoms with Gasteiger partial charge in [-0.2, -0.15) is 0 Å². The highest BCUT2D eigenvalue weighted by molar-refractivity contribution is 7.18. The Morgan fingerprint density at radius 3 is 2.47 bits per heavy atom.